The zero-order valence-corrected chi connectivity index (χ0v) is 22.2. The van der Waals surface area contributed by atoms with Gasteiger partial charge in [-0.25, -0.2) is 9.18 Å². The summed E-state index contributed by atoms with van der Waals surface area (Å²) < 4.78 is 42.3. The Hall–Kier alpha value is -4.57. The fourth-order valence-electron chi connectivity index (χ4n) is 4.28. The monoisotopic (exact) mass is 547 g/mol. The number of pyridine rings is 1. The molecular weight excluding hydrogens is 517 g/mol. The summed E-state index contributed by atoms with van der Waals surface area (Å²) in [6, 6.07) is 15.9. The van der Waals surface area contributed by atoms with Crippen LogP contribution in [0.4, 0.5) is 14.9 Å². The number of amides is 2. The van der Waals surface area contributed by atoms with Crippen LogP contribution in [0.15, 0.2) is 66.9 Å². The summed E-state index contributed by atoms with van der Waals surface area (Å²) in [5.74, 6) is 2.39. The van der Waals surface area contributed by atoms with Crippen LogP contribution in [0.1, 0.15) is 24.9 Å². The van der Waals surface area contributed by atoms with Crippen LogP contribution in [0.3, 0.4) is 0 Å². The first-order valence-corrected chi connectivity index (χ1v) is 13.0. The highest BCUT2D eigenvalue weighted by Crippen LogP contribution is 2.48. The number of nitrogens with zero attached hydrogens (tertiary/aromatic N) is 1. The standard InChI is InChI=1S/C30H30FN3O6/c1-19(20-4-6-21(31)7-5-20)33-30(35)34-22-8-10-23(11-9-22)40-25-12-13-32-24-18-26(37-15-3-14-36-2)28-29(27(24)25)39-17-16-38-28/h4-13,18-19H,3,14-17H2,1-2H3,(H2,33,34,35)/t19-/m1/s1. The minimum absolute atomic E-state index is 0.295. The molecule has 1 aromatic heterocycles. The molecule has 2 N–H and O–H groups in total. The van der Waals surface area contributed by atoms with Gasteiger partial charge in [-0.2, -0.15) is 0 Å². The van der Waals surface area contributed by atoms with E-state index in [1.54, 1.807) is 55.8 Å². The van der Waals surface area contributed by atoms with Crippen molar-refractivity contribution in [3.63, 3.8) is 0 Å². The van der Waals surface area contributed by atoms with Crippen LogP contribution in [-0.4, -0.2) is 44.6 Å². The second kappa shape index (κ2) is 12.5. The van der Waals surface area contributed by atoms with E-state index < -0.39 is 0 Å². The highest BCUT2D eigenvalue weighted by molar-refractivity contribution is 5.95. The Bertz CT molecular complexity index is 1460. The summed E-state index contributed by atoms with van der Waals surface area (Å²) in [5.41, 5.74) is 2.03. The maximum atomic E-state index is 13.2. The number of halogens is 1. The number of urea groups is 1. The average molecular weight is 548 g/mol. The number of anilines is 1. The van der Waals surface area contributed by atoms with Crippen molar-refractivity contribution in [3.8, 4) is 28.7 Å². The van der Waals surface area contributed by atoms with Gasteiger partial charge in [-0.15, -0.1) is 0 Å². The van der Waals surface area contributed by atoms with Crippen molar-refractivity contribution in [1.82, 2.24) is 10.3 Å². The summed E-state index contributed by atoms with van der Waals surface area (Å²) in [6.07, 6.45) is 2.39. The molecule has 40 heavy (non-hydrogen) atoms. The molecule has 4 aromatic rings. The molecule has 0 radical (unpaired) electrons. The van der Waals surface area contributed by atoms with Crippen molar-refractivity contribution in [3.05, 3.63) is 78.2 Å². The number of methoxy groups -OCH3 is 1. The molecule has 0 saturated heterocycles. The highest BCUT2D eigenvalue weighted by atomic mass is 19.1. The third-order valence-electron chi connectivity index (χ3n) is 6.25. The third kappa shape index (κ3) is 6.35. The number of carbonyl (C=O) groups is 1. The molecule has 1 aliphatic heterocycles. The second-order valence-electron chi connectivity index (χ2n) is 9.13. The van der Waals surface area contributed by atoms with E-state index in [-0.39, 0.29) is 17.9 Å². The van der Waals surface area contributed by atoms with Crippen LogP contribution in [0.25, 0.3) is 10.9 Å². The van der Waals surface area contributed by atoms with E-state index in [1.807, 2.05) is 13.0 Å². The Kier molecular flexibility index (Phi) is 8.46. The maximum absolute atomic E-state index is 13.2. The zero-order chi connectivity index (χ0) is 27.9. The topological polar surface area (TPSA) is 100 Å². The van der Waals surface area contributed by atoms with Gasteiger partial charge in [0.25, 0.3) is 0 Å². The molecule has 0 fully saturated rings. The lowest BCUT2D eigenvalue weighted by atomic mass is 10.1. The van der Waals surface area contributed by atoms with Gasteiger partial charge in [0.15, 0.2) is 11.5 Å². The molecule has 208 valence electrons. The molecule has 2 heterocycles. The maximum Gasteiger partial charge on any atom is 0.319 e. The fourth-order valence-corrected chi connectivity index (χ4v) is 4.28. The zero-order valence-electron chi connectivity index (χ0n) is 22.2. The first-order chi connectivity index (χ1) is 19.5. The lowest BCUT2D eigenvalue weighted by molar-refractivity contribution is 0.154. The molecule has 0 saturated carbocycles. The fraction of sp³-hybridized carbons (Fsp3) is 0.267. The minimum Gasteiger partial charge on any atom is -0.489 e. The van der Waals surface area contributed by atoms with Gasteiger partial charge in [-0.3, -0.25) is 4.98 Å². The summed E-state index contributed by atoms with van der Waals surface area (Å²) in [5, 5.41) is 6.32. The van der Waals surface area contributed by atoms with Crippen LogP contribution in [0.5, 0.6) is 28.7 Å². The SMILES string of the molecule is COCCCOc1cc2nccc(Oc3ccc(NC(=O)N[C@H](C)c4ccc(F)cc4)cc3)c2c2c1OCCO2. The smallest absolute Gasteiger partial charge is 0.319 e. The van der Waals surface area contributed by atoms with Crippen LogP contribution in [0.2, 0.25) is 0 Å². The Balaban J connectivity index is 1.29. The number of nitrogens with one attached hydrogen (secondary N) is 2. The summed E-state index contributed by atoms with van der Waals surface area (Å²) in [7, 11) is 1.65. The van der Waals surface area contributed by atoms with Crippen molar-refractivity contribution in [2.24, 2.45) is 0 Å². The van der Waals surface area contributed by atoms with Crippen molar-refractivity contribution in [2.75, 3.05) is 38.9 Å². The number of fused-ring (bicyclic) bond motifs is 3. The van der Waals surface area contributed by atoms with Gasteiger partial charge < -0.3 is 34.3 Å². The first kappa shape index (κ1) is 27.0. The molecule has 1 atom stereocenters. The molecule has 10 heteroatoms. The molecule has 0 aliphatic carbocycles. The van der Waals surface area contributed by atoms with E-state index in [0.29, 0.717) is 71.8 Å². The van der Waals surface area contributed by atoms with Gasteiger partial charge in [0.1, 0.15) is 30.5 Å². The molecule has 0 spiro atoms. The minimum atomic E-state index is -0.380. The largest absolute Gasteiger partial charge is 0.489 e. The van der Waals surface area contributed by atoms with Gasteiger partial charge >= 0.3 is 6.03 Å². The quantitative estimate of drug-likeness (QED) is 0.227. The molecule has 3 aromatic carbocycles. The van der Waals surface area contributed by atoms with E-state index in [4.69, 9.17) is 23.7 Å². The van der Waals surface area contributed by atoms with Gasteiger partial charge in [0.05, 0.1) is 23.6 Å². The Morgan fingerprint density at radius 1 is 1.00 bits per heavy atom. The Morgan fingerprint density at radius 2 is 1.75 bits per heavy atom. The predicted molar refractivity (Wildman–Crippen MR) is 148 cm³/mol. The van der Waals surface area contributed by atoms with E-state index in [2.05, 4.69) is 15.6 Å². The molecule has 9 nitrogen and oxygen atoms in total. The van der Waals surface area contributed by atoms with Crippen molar-refractivity contribution < 1.29 is 32.9 Å². The van der Waals surface area contributed by atoms with E-state index >= 15 is 0 Å². The molecule has 0 bridgehead atoms. The third-order valence-corrected chi connectivity index (χ3v) is 6.25. The Morgan fingerprint density at radius 3 is 2.50 bits per heavy atom. The second-order valence-corrected chi connectivity index (χ2v) is 9.13. The number of hydrogen-bond donors (Lipinski definition) is 2. The van der Waals surface area contributed by atoms with Gasteiger partial charge in [0, 0.05) is 38.1 Å². The number of benzene rings is 3. The number of rotatable bonds is 10. The van der Waals surface area contributed by atoms with Crippen LogP contribution < -0.4 is 29.6 Å². The number of hydrogen-bond acceptors (Lipinski definition) is 7. The Labute approximate surface area is 231 Å². The van der Waals surface area contributed by atoms with E-state index in [0.717, 1.165) is 12.0 Å². The number of carbonyl (C=O) groups excluding carboxylic acids is 1. The van der Waals surface area contributed by atoms with Crippen LogP contribution in [-0.2, 0) is 4.74 Å². The van der Waals surface area contributed by atoms with E-state index in [9.17, 15) is 9.18 Å². The van der Waals surface area contributed by atoms with Crippen LogP contribution in [0, 0.1) is 5.82 Å². The van der Waals surface area contributed by atoms with Crippen molar-refractivity contribution in [2.45, 2.75) is 19.4 Å². The molecule has 0 unspecified atom stereocenters. The van der Waals surface area contributed by atoms with Gasteiger partial charge in [-0.05, 0) is 55.0 Å². The average Bonchev–Trinajstić information content (AvgIpc) is 2.96. The number of ether oxygens (including phenoxy) is 5. The summed E-state index contributed by atoms with van der Waals surface area (Å²) in [4.78, 5) is 17.0. The molecule has 1 aliphatic rings. The molecular formula is C30H30FN3O6. The predicted octanol–water partition coefficient (Wildman–Crippen LogP) is 6.24. The lowest BCUT2D eigenvalue weighted by Crippen LogP contribution is -2.31. The summed E-state index contributed by atoms with van der Waals surface area (Å²) in [6.45, 7) is 3.69. The lowest BCUT2D eigenvalue weighted by Gasteiger charge is -2.23. The van der Waals surface area contributed by atoms with Crippen molar-refractivity contribution >= 4 is 22.6 Å². The van der Waals surface area contributed by atoms with E-state index in [1.165, 1.54) is 12.1 Å². The highest BCUT2D eigenvalue weighted by Gasteiger charge is 2.24. The number of aromatic nitrogens is 1. The molecule has 5 rings (SSSR count). The van der Waals surface area contributed by atoms with Crippen molar-refractivity contribution in [1.29, 1.82) is 0 Å². The van der Waals surface area contributed by atoms with Gasteiger partial charge in [0.2, 0.25) is 5.75 Å². The molecule has 2 amide bonds. The summed E-state index contributed by atoms with van der Waals surface area (Å²) >= 11 is 0. The first-order valence-electron chi connectivity index (χ1n) is 13.0. The normalized spacial score (nSPS) is 13.0. The van der Waals surface area contributed by atoms with Gasteiger partial charge in [-0.1, -0.05) is 12.1 Å². The van der Waals surface area contributed by atoms with Crippen LogP contribution >= 0.6 is 0 Å².